The van der Waals surface area contributed by atoms with E-state index in [0.29, 0.717) is 12.1 Å². The van der Waals surface area contributed by atoms with Crippen LogP contribution < -0.4 is 10.6 Å². The van der Waals surface area contributed by atoms with Crippen molar-refractivity contribution in [1.29, 1.82) is 0 Å². The summed E-state index contributed by atoms with van der Waals surface area (Å²) in [4.78, 5) is 11.8. The van der Waals surface area contributed by atoms with E-state index in [1.807, 2.05) is 6.07 Å². The predicted octanol–water partition coefficient (Wildman–Crippen LogP) is 1.05. The van der Waals surface area contributed by atoms with Crippen molar-refractivity contribution in [3.63, 3.8) is 0 Å². The van der Waals surface area contributed by atoms with Gasteiger partial charge in [0.05, 0.1) is 6.42 Å². The zero-order chi connectivity index (χ0) is 13.0. The maximum Gasteiger partial charge on any atom is 0.224 e. The highest BCUT2D eigenvalue weighted by Crippen LogP contribution is 2.23. The zero-order valence-corrected chi connectivity index (χ0v) is 10.7. The molecule has 0 aliphatic carbocycles. The van der Waals surface area contributed by atoms with Crippen LogP contribution >= 0.6 is 0 Å². The molecule has 0 saturated carbocycles. The number of phenols is 1. The predicted molar refractivity (Wildman–Crippen MR) is 70.4 cm³/mol. The van der Waals surface area contributed by atoms with Crippen LogP contribution in [0.2, 0.25) is 0 Å². The molecular formula is C14H20N2O2. The molecule has 2 rings (SSSR count). The standard InChI is InChI=1S/C14H20N2O2/c1-14(6-7-15-9-14)10-16-13(18)8-11-4-2-3-5-12(11)17/h2-5,15,17H,6-10H2,1H3,(H,16,18). The van der Waals surface area contributed by atoms with Gasteiger partial charge in [0.1, 0.15) is 5.75 Å². The molecule has 1 aromatic carbocycles. The lowest BCUT2D eigenvalue weighted by Crippen LogP contribution is -2.37. The Balaban J connectivity index is 1.84. The van der Waals surface area contributed by atoms with Gasteiger partial charge in [-0.05, 0) is 24.4 Å². The Labute approximate surface area is 107 Å². The van der Waals surface area contributed by atoms with Crippen molar-refractivity contribution in [3.8, 4) is 5.75 Å². The van der Waals surface area contributed by atoms with Gasteiger partial charge in [0.2, 0.25) is 5.91 Å². The van der Waals surface area contributed by atoms with E-state index in [-0.39, 0.29) is 23.5 Å². The minimum atomic E-state index is -0.0374. The van der Waals surface area contributed by atoms with E-state index in [0.717, 1.165) is 19.5 Å². The topological polar surface area (TPSA) is 61.4 Å². The Hall–Kier alpha value is -1.55. The lowest BCUT2D eigenvalue weighted by atomic mass is 9.90. The Morgan fingerprint density at radius 3 is 2.94 bits per heavy atom. The highest BCUT2D eigenvalue weighted by atomic mass is 16.3. The fourth-order valence-corrected chi connectivity index (χ4v) is 2.23. The molecular weight excluding hydrogens is 228 g/mol. The van der Waals surface area contributed by atoms with Crippen molar-refractivity contribution < 1.29 is 9.90 Å². The summed E-state index contributed by atoms with van der Waals surface area (Å²) < 4.78 is 0. The fourth-order valence-electron chi connectivity index (χ4n) is 2.23. The van der Waals surface area contributed by atoms with Crippen LogP contribution in [0.1, 0.15) is 18.9 Å². The van der Waals surface area contributed by atoms with Crippen molar-refractivity contribution in [3.05, 3.63) is 29.8 Å². The van der Waals surface area contributed by atoms with Crippen LogP contribution in [-0.2, 0) is 11.2 Å². The molecule has 1 atom stereocenters. The lowest BCUT2D eigenvalue weighted by Gasteiger charge is -2.22. The number of rotatable bonds is 4. The summed E-state index contributed by atoms with van der Waals surface area (Å²) in [5.74, 6) is 0.144. The zero-order valence-electron chi connectivity index (χ0n) is 10.7. The minimum Gasteiger partial charge on any atom is -0.508 e. The third-order valence-corrected chi connectivity index (χ3v) is 3.51. The number of para-hydroxylation sites is 1. The molecule has 1 amide bonds. The van der Waals surface area contributed by atoms with Gasteiger partial charge < -0.3 is 15.7 Å². The largest absolute Gasteiger partial charge is 0.508 e. The first kappa shape index (κ1) is 12.9. The van der Waals surface area contributed by atoms with Crippen LogP contribution in [0.25, 0.3) is 0 Å². The first-order valence-corrected chi connectivity index (χ1v) is 6.33. The Kier molecular flexibility index (Phi) is 3.87. The number of aromatic hydroxyl groups is 1. The number of carbonyl (C=O) groups is 1. The van der Waals surface area contributed by atoms with Crippen LogP contribution in [0.15, 0.2) is 24.3 Å². The van der Waals surface area contributed by atoms with Crippen molar-refractivity contribution in [2.45, 2.75) is 19.8 Å². The molecule has 1 aliphatic rings. The normalized spacial score (nSPS) is 22.9. The summed E-state index contributed by atoms with van der Waals surface area (Å²) in [5, 5.41) is 15.9. The lowest BCUT2D eigenvalue weighted by molar-refractivity contribution is -0.120. The van der Waals surface area contributed by atoms with Crippen molar-refractivity contribution in [2.75, 3.05) is 19.6 Å². The second-order valence-electron chi connectivity index (χ2n) is 5.32. The monoisotopic (exact) mass is 248 g/mol. The van der Waals surface area contributed by atoms with E-state index in [1.54, 1.807) is 18.2 Å². The smallest absolute Gasteiger partial charge is 0.224 e. The number of amides is 1. The number of hydrogen-bond acceptors (Lipinski definition) is 3. The summed E-state index contributed by atoms with van der Waals surface area (Å²) in [6.07, 6.45) is 1.32. The van der Waals surface area contributed by atoms with Gasteiger partial charge in [-0.2, -0.15) is 0 Å². The third kappa shape index (κ3) is 3.23. The Bertz CT molecular complexity index is 426. The second kappa shape index (κ2) is 5.40. The molecule has 0 aromatic heterocycles. The average Bonchev–Trinajstić information content (AvgIpc) is 2.77. The molecule has 1 saturated heterocycles. The molecule has 1 fully saturated rings. The molecule has 0 bridgehead atoms. The molecule has 1 aromatic rings. The number of carbonyl (C=O) groups excluding carboxylic acids is 1. The molecule has 4 nitrogen and oxygen atoms in total. The fraction of sp³-hybridized carbons (Fsp3) is 0.500. The van der Waals surface area contributed by atoms with Crippen LogP contribution in [0.4, 0.5) is 0 Å². The highest BCUT2D eigenvalue weighted by Gasteiger charge is 2.28. The molecule has 1 aliphatic heterocycles. The van der Waals surface area contributed by atoms with Gasteiger partial charge >= 0.3 is 0 Å². The van der Waals surface area contributed by atoms with E-state index in [1.165, 1.54) is 0 Å². The van der Waals surface area contributed by atoms with Crippen LogP contribution in [0, 0.1) is 5.41 Å². The number of hydrogen-bond donors (Lipinski definition) is 3. The van der Waals surface area contributed by atoms with Gasteiger partial charge in [0.25, 0.3) is 0 Å². The van der Waals surface area contributed by atoms with Gasteiger partial charge in [-0.1, -0.05) is 25.1 Å². The van der Waals surface area contributed by atoms with E-state index < -0.39 is 0 Å². The first-order chi connectivity index (χ1) is 8.59. The highest BCUT2D eigenvalue weighted by molar-refractivity contribution is 5.79. The minimum absolute atomic E-state index is 0.0374. The van der Waals surface area contributed by atoms with Gasteiger partial charge in [-0.25, -0.2) is 0 Å². The Morgan fingerprint density at radius 1 is 1.50 bits per heavy atom. The number of benzene rings is 1. The molecule has 0 spiro atoms. The summed E-state index contributed by atoms with van der Waals surface area (Å²) in [7, 11) is 0. The molecule has 18 heavy (non-hydrogen) atoms. The maximum atomic E-state index is 11.8. The molecule has 0 radical (unpaired) electrons. The van der Waals surface area contributed by atoms with Crippen molar-refractivity contribution >= 4 is 5.91 Å². The molecule has 1 heterocycles. The van der Waals surface area contributed by atoms with E-state index in [2.05, 4.69) is 17.6 Å². The van der Waals surface area contributed by atoms with Gasteiger partial charge in [-0.15, -0.1) is 0 Å². The quantitative estimate of drug-likeness (QED) is 0.746. The summed E-state index contributed by atoms with van der Waals surface area (Å²) in [5.41, 5.74) is 0.832. The molecule has 3 N–H and O–H groups in total. The molecule has 1 unspecified atom stereocenters. The summed E-state index contributed by atoms with van der Waals surface area (Å²) in [6, 6.07) is 6.95. The SMILES string of the molecule is CC1(CNC(=O)Cc2ccccc2O)CCNC1. The van der Waals surface area contributed by atoms with E-state index in [9.17, 15) is 9.90 Å². The van der Waals surface area contributed by atoms with Crippen LogP contribution in [0.3, 0.4) is 0 Å². The average molecular weight is 248 g/mol. The third-order valence-electron chi connectivity index (χ3n) is 3.51. The van der Waals surface area contributed by atoms with Crippen LogP contribution in [-0.4, -0.2) is 30.6 Å². The van der Waals surface area contributed by atoms with Crippen molar-refractivity contribution in [1.82, 2.24) is 10.6 Å². The van der Waals surface area contributed by atoms with Gasteiger partial charge in [0, 0.05) is 18.7 Å². The Morgan fingerprint density at radius 2 is 2.28 bits per heavy atom. The molecule has 98 valence electrons. The van der Waals surface area contributed by atoms with Crippen LogP contribution in [0.5, 0.6) is 5.75 Å². The van der Waals surface area contributed by atoms with Gasteiger partial charge in [0.15, 0.2) is 0 Å². The number of nitrogens with one attached hydrogen (secondary N) is 2. The molecule has 4 heteroatoms. The summed E-state index contributed by atoms with van der Waals surface area (Å²) >= 11 is 0. The van der Waals surface area contributed by atoms with Gasteiger partial charge in [-0.3, -0.25) is 4.79 Å². The maximum absolute atomic E-state index is 11.8. The van der Waals surface area contributed by atoms with E-state index >= 15 is 0 Å². The number of phenolic OH excluding ortho intramolecular Hbond substituents is 1. The first-order valence-electron chi connectivity index (χ1n) is 6.33. The van der Waals surface area contributed by atoms with E-state index in [4.69, 9.17) is 0 Å². The second-order valence-corrected chi connectivity index (χ2v) is 5.32. The summed E-state index contributed by atoms with van der Waals surface area (Å²) in [6.45, 7) is 4.83. The van der Waals surface area contributed by atoms with Crippen molar-refractivity contribution in [2.24, 2.45) is 5.41 Å².